The van der Waals surface area contributed by atoms with Crippen molar-refractivity contribution in [2.24, 2.45) is 0 Å². The first-order valence-electron chi connectivity index (χ1n) is 18.5. The average molecular weight is 715 g/mol. The minimum Gasteiger partial charge on any atom is -0.459 e. The minimum atomic E-state index is -0.652. The molecule has 0 aromatic heterocycles. The molecular weight excluding hydrogens is 660 g/mol. The molecule has 2 fully saturated rings. The van der Waals surface area contributed by atoms with Crippen molar-refractivity contribution < 1.29 is 33.7 Å². The number of carbonyl (C=O) groups excluding carboxylic acids is 3. The number of rotatable bonds is 15. The van der Waals surface area contributed by atoms with Crippen LogP contribution < -0.4 is 16.4 Å². The Morgan fingerprint density at radius 3 is 2.17 bits per heavy atom. The van der Waals surface area contributed by atoms with E-state index in [1.165, 1.54) is 0 Å². The van der Waals surface area contributed by atoms with E-state index in [2.05, 4.69) is 15.5 Å². The first-order valence-corrected chi connectivity index (χ1v) is 18.5. The Morgan fingerprint density at radius 2 is 1.52 bits per heavy atom. The van der Waals surface area contributed by atoms with Crippen LogP contribution in [0.3, 0.4) is 0 Å². The molecule has 2 aliphatic heterocycles. The van der Waals surface area contributed by atoms with E-state index in [9.17, 15) is 19.5 Å². The fourth-order valence-corrected chi connectivity index (χ4v) is 6.67. The molecular formula is C41H54N4O7. The number of hydrogen-bond acceptors (Lipinski definition) is 9. The van der Waals surface area contributed by atoms with Crippen molar-refractivity contribution in [3.63, 3.8) is 0 Å². The Kier molecular flexibility index (Phi) is 13.8. The SMILES string of the molecule is CC(C)(C)OC(=O)[C@@H]1CCCN1C[C@@H]1C[C@H](c2ccc(CO)cc2)O[C@H](c2ccc(NC(=O)CCCCCCC(=O)Nc3ccccc3N)cc2)O1. The van der Waals surface area contributed by atoms with E-state index in [-0.39, 0.29) is 42.6 Å². The van der Waals surface area contributed by atoms with E-state index in [0.29, 0.717) is 42.9 Å². The van der Waals surface area contributed by atoms with Gasteiger partial charge in [0.2, 0.25) is 11.8 Å². The number of ether oxygens (including phenoxy) is 3. The third kappa shape index (κ3) is 11.6. The number of unbranched alkanes of at least 4 members (excludes halogenated alkanes) is 3. The molecule has 5 N–H and O–H groups in total. The Morgan fingerprint density at radius 1 is 0.865 bits per heavy atom. The number of amides is 2. The highest BCUT2D eigenvalue weighted by atomic mass is 16.7. The molecule has 2 heterocycles. The fraction of sp³-hybridized carbons (Fsp3) is 0.488. The number of para-hydroxylation sites is 2. The molecule has 2 aliphatic rings. The second kappa shape index (κ2) is 18.5. The van der Waals surface area contributed by atoms with Crippen molar-refractivity contribution in [3.05, 3.63) is 89.5 Å². The van der Waals surface area contributed by atoms with Crippen molar-refractivity contribution in [3.8, 4) is 0 Å². The molecule has 5 rings (SSSR count). The summed E-state index contributed by atoms with van der Waals surface area (Å²) in [5.41, 5.74) is 9.84. The highest BCUT2D eigenvalue weighted by Crippen LogP contribution is 2.39. The zero-order valence-electron chi connectivity index (χ0n) is 30.6. The molecule has 11 heteroatoms. The minimum absolute atomic E-state index is 0.0315. The third-order valence-corrected chi connectivity index (χ3v) is 9.35. The van der Waals surface area contributed by atoms with Crippen LogP contribution in [0.25, 0.3) is 0 Å². The topological polar surface area (TPSA) is 152 Å². The van der Waals surface area contributed by atoms with Crippen LogP contribution in [0.1, 0.15) is 108 Å². The van der Waals surface area contributed by atoms with E-state index in [1.54, 1.807) is 12.1 Å². The summed E-state index contributed by atoms with van der Waals surface area (Å²) in [6.07, 6.45) is 5.14. The summed E-state index contributed by atoms with van der Waals surface area (Å²) in [6, 6.07) is 22.2. The van der Waals surface area contributed by atoms with E-state index < -0.39 is 11.9 Å². The normalized spacial score (nSPS) is 20.7. The Labute approximate surface area is 307 Å². The van der Waals surface area contributed by atoms with Crippen molar-refractivity contribution in [1.82, 2.24) is 4.90 Å². The molecule has 0 aliphatic carbocycles. The van der Waals surface area contributed by atoms with Crippen molar-refractivity contribution in [1.29, 1.82) is 0 Å². The monoisotopic (exact) mass is 714 g/mol. The number of nitrogens with one attached hydrogen (secondary N) is 2. The molecule has 4 atom stereocenters. The van der Waals surface area contributed by atoms with Gasteiger partial charge in [0, 0.05) is 37.1 Å². The lowest BCUT2D eigenvalue weighted by Gasteiger charge is -2.38. The number of likely N-dealkylation sites (tertiary alicyclic amines) is 1. The molecule has 0 radical (unpaired) electrons. The van der Waals surface area contributed by atoms with E-state index in [0.717, 1.165) is 61.8 Å². The molecule has 52 heavy (non-hydrogen) atoms. The van der Waals surface area contributed by atoms with Crippen molar-refractivity contribution in [2.45, 2.75) is 115 Å². The van der Waals surface area contributed by atoms with Crippen LogP contribution >= 0.6 is 0 Å². The van der Waals surface area contributed by atoms with Gasteiger partial charge in [0.1, 0.15) is 11.6 Å². The van der Waals surface area contributed by atoms with Gasteiger partial charge in [0.15, 0.2) is 6.29 Å². The molecule has 2 saturated heterocycles. The standard InChI is InChI=1S/C41H54N4O7/c1-41(2,3)52-39(49)35-13-10-24-45(35)26-32-25-36(29-18-16-28(27-46)17-19-29)51-40(50-32)30-20-22-31(23-21-30)43-37(47)14-6-4-5-7-15-38(48)44-34-12-9-8-11-33(34)42/h8-9,11-12,16-23,32,35-36,40,46H,4-7,10,13-15,24-27,42H2,1-3H3,(H,43,47)(H,44,48)/t32-,35-,36+,40+/m0/s1. The number of aliphatic hydroxyl groups excluding tert-OH is 1. The van der Waals surface area contributed by atoms with Crippen LogP contribution in [-0.2, 0) is 35.2 Å². The molecule has 0 bridgehead atoms. The quantitative estimate of drug-likeness (QED) is 0.0739. The number of benzene rings is 3. The van der Waals surface area contributed by atoms with Crippen molar-refractivity contribution in [2.75, 3.05) is 29.5 Å². The highest BCUT2D eigenvalue weighted by Gasteiger charge is 2.39. The maximum atomic E-state index is 13.0. The van der Waals surface area contributed by atoms with Crippen LogP contribution in [0.5, 0.6) is 0 Å². The second-order valence-corrected chi connectivity index (χ2v) is 14.8. The maximum absolute atomic E-state index is 13.0. The number of anilines is 3. The summed E-state index contributed by atoms with van der Waals surface area (Å²) < 4.78 is 18.8. The van der Waals surface area contributed by atoms with Gasteiger partial charge >= 0.3 is 5.97 Å². The highest BCUT2D eigenvalue weighted by molar-refractivity contribution is 5.93. The van der Waals surface area contributed by atoms with E-state index in [1.807, 2.05) is 81.4 Å². The first-order chi connectivity index (χ1) is 25.0. The summed E-state index contributed by atoms with van der Waals surface area (Å²) in [6.45, 7) is 6.99. The van der Waals surface area contributed by atoms with Crippen LogP contribution in [-0.4, -0.2) is 58.6 Å². The number of nitrogens with zero attached hydrogens (tertiary/aromatic N) is 1. The lowest BCUT2D eigenvalue weighted by molar-refractivity contribution is -0.253. The molecule has 11 nitrogen and oxygen atoms in total. The van der Waals surface area contributed by atoms with Gasteiger partial charge in [0.05, 0.1) is 30.2 Å². The van der Waals surface area contributed by atoms with Crippen molar-refractivity contribution >= 4 is 34.8 Å². The fourth-order valence-electron chi connectivity index (χ4n) is 6.67. The van der Waals surface area contributed by atoms with Gasteiger partial charge < -0.3 is 35.7 Å². The van der Waals surface area contributed by atoms with Crippen LogP contribution in [0.2, 0.25) is 0 Å². The smallest absolute Gasteiger partial charge is 0.323 e. The molecule has 280 valence electrons. The Hall–Kier alpha value is -4.29. The summed E-state index contributed by atoms with van der Waals surface area (Å²) in [7, 11) is 0. The lowest BCUT2D eigenvalue weighted by atomic mass is 9.99. The van der Waals surface area contributed by atoms with E-state index >= 15 is 0 Å². The van der Waals surface area contributed by atoms with Gasteiger partial charge in [-0.3, -0.25) is 19.3 Å². The zero-order chi connectivity index (χ0) is 37.1. The van der Waals surface area contributed by atoms with Gasteiger partial charge in [-0.25, -0.2) is 0 Å². The summed E-state index contributed by atoms with van der Waals surface area (Å²) in [5, 5.41) is 15.4. The van der Waals surface area contributed by atoms with Crippen LogP contribution in [0, 0.1) is 0 Å². The zero-order valence-corrected chi connectivity index (χ0v) is 30.6. The van der Waals surface area contributed by atoms with Crippen LogP contribution in [0.15, 0.2) is 72.8 Å². The molecule has 0 saturated carbocycles. The first kappa shape index (κ1) is 38.9. The van der Waals surface area contributed by atoms with E-state index in [4.69, 9.17) is 19.9 Å². The van der Waals surface area contributed by atoms with Gasteiger partial charge in [-0.2, -0.15) is 0 Å². The Balaban J connectivity index is 1.12. The number of carbonyl (C=O) groups is 3. The van der Waals surface area contributed by atoms with Gasteiger partial charge in [-0.05, 0) is 88.4 Å². The number of nitrogen functional groups attached to an aromatic ring is 1. The second-order valence-electron chi connectivity index (χ2n) is 14.8. The molecule has 3 aromatic carbocycles. The predicted molar refractivity (Wildman–Crippen MR) is 201 cm³/mol. The average Bonchev–Trinajstić information content (AvgIpc) is 3.58. The Bertz CT molecular complexity index is 1620. The molecule has 3 aromatic rings. The summed E-state index contributed by atoms with van der Waals surface area (Å²) >= 11 is 0. The number of hydrogen-bond donors (Lipinski definition) is 4. The third-order valence-electron chi connectivity index (χ3n) is 9.35. The lowest BCUT2D eigenvalue weighted by Crippen LogP contribution is -2.45. The summed E-state index contributed by atoms with van der Waals surface area (Å²) in [4.78, 5) is 40.1. The largest absolute Gasteiger partial charge is 0.459 e. The van der Waals surface area contributed by atoms with Gasteiger partial charge in [-0.15, -0.1) is 0 Å². The molecule has 0 spiro atoms. The number of aliphatic hydroxyl groups is 1. The number of esters is 1. The maximum Gasteiger partial charge on any atom is 0.323 e. The number of nitrogens with two attached hydrogens (primary N) is 1. The van der Waals surface area contributed by atoms with Gasteiger partial charge in [-0.1, -0.05) is 61.4 Å². The predicted octanol–water partition coefficient (Wildman–Crippen LogP) is 7.03. The summed E-state index contributed by atoms with van der Waals surface area (Å²) in [5.74, 6) is -0.326. The molecule has 2 amide bonds. The van der Waals surface area contributed by atoms with Crippen LogP contribution in [0.4, 0.5) is 17.1 Å². The molecule has 0 unspecified atom stereocenters. The van der Waals surface area contributed by atoms with Gasteiger partial charge in [0.25, 0.3) is 0 Å².